The minimum Gasteiger partial charge on any atom is -0.497 e. The molecule has 1 aromatic rings. The van der Waals surface area contributed by atoms with Gasteiger partial charge in [-0.2, -0.15) is 0 Å². The molecule has 156 valence electrons. The second-order valence-corrected chi connectivity index (χ2v) is 7.78. The van der Waals surface area contributed by atoms with Gasteiger partial charge in [0.05, 0.1) is 26.9 Å². The van der Waals surface area contributed by atoms with Gasteiger partial charge in [-0.25, -0.2) is 4.79 Å². The molecule has 0 bridgehead atoms. The van der Waals surface area contributed by atoms with E-state index in [0.717, 1.165) is 28.4 Å². The number of quaternary nitrogens is 1. The maximum atomic E-state index is 13.0. The van der Waals surface area contributed by atoms with Gasteiger partial charge < -0.3 is 24.0 Å². The predicted octanol–water partition coefficient (Wildman–Crippen LogP) is 0.754. The molecule has 1 N–H and O–H groups in total. The fourth-order valence-corrected chi connectivity index (χ4v) is 4.49. The third kappa shape index (κ3) is 6.68. The highest BCUT2D eigenvalue weighted by Gasteiger charge is 2.33. The van der Waals surface area contributed by atoms with Crippen molar-refractivity contribution < 1.29 is 28.7 Å². The largest absolute Gasteiger partial charge is 0.497 e. The molecule has 0 spiro atoms. The standard InChI is InChI=1S/C20H30N2O5S/c1-4-27-19(24)15-21(10-5-12-25-2)14-18(23)22-11-13-28-20(22)16-6-8-17(26-3)9-7-16/h6-9,20H,4-5,10-15H2,1-3H3/p+1/t20-/m0/s1. The van der Waals surface area contributed by atoms with Gasteiger partial charge in [0.2, 0.25) is 0 Å². The van der Waals surface area contributed by atoms with Crippen molar-refractivity contribution in [2.45, 2.75) is 18.7 Å². The number of ether oxygens (including phenoxy) is 3. The lowest BCUT2D eigenvalue weighted by Crippen LogP contribution is -3.14. The summed E-state index contributed by atoms with van der Waals surface area (Å²) in [5.74, 6) is 1.49. The Morgan fingerprint density at radius 1 is 1.21 bits per heavy atom. The Morgan fingerprint density at radius 3 is 2.61 bits per heavy atom. The van der Waals surface area contributed by atoms with Crippen molar-refractivity contribution in [3.63, 3.8) is 0 Å². The van der Waals surface area contributed by atoms with E-state index in [9.17, 15) is 9.59 Å². The Hall–Kier alpha value is -1.77. The van der Waals surface area contributed by atoms with E-state index in [1.54, 1.807) is 32.9 Å². The number of thioether (sulfide) groups is 1. The van der Waals surface area contributed by atoms with Crippen LogP contribution in [0.4, 0.5) is 0 Å². The van der Waals surface area contributed by atoms with E-state index >= 15 is 0 Å². The van der Waals surface area contributed by atoms with E-state index in [4.69, 9.17) is 14.2 Å². The zero-order valence-electron chi connectivity index (χ0n) is 16.9. The van der Waals surface area contributed by atoms with E-state index < -0.39 is 0 Å². The number of esters is 1. The normalized spacial score (nSPS) is 17.4. The molecule has 0 aromatic heterocycles. The minimum absolute atomic E-state index is 0.00113. The summed E-state index contributed by atoms with van der Waals surface area (Å²) >= 11 is 1.76. The molecule has 1 unspecified atom stereocenters. The van der Waals surface area contributed by atoms with E-state index in [-0.39, 0.29) is 30.3 Å². The van der Waals surface area contributed by atoms with Crippen LogP contribution in [-0.2, 0) is 19.1 Å². The van der Waals surface area contributed by atoms with Crippen molar-refractivity contribution in [2.24, 2.45) is 0 Å². The van der Waals surface area contributed by atoms with Crippen molar-refractivity contribution in [1.82, 2.24) is 4.90 Å². The van der Waals surface area contributed by atoms with Crippen molar-refractivity contribution in [3.05, 3.63) is 29.8 Å². The highest BCUT2D eigenvalue weighted by molar-refractivity contribution is 7.99. The van der Waals surface area contributed by atoms with Gasteiger partial charge in [-0.3, -0.25) is 4.79 Å². The van der Waals surface area contributed by atoms with Gasteiger partial charge in [-0.1, -0.05) is 12.1 Å². The van der Waals surface area contributed by atoms with E-state index in [0.29, 0.717) is 26.3 Å². The van der Waals surface area contributed by atoms with Crippen LogP contribution in [0.1, 0.15) is 24.3 Å². The molecule has 1 fully saturated rings. The van der Waals surface area contributed by atoms with Crippen LogP contribution in [-0.4, -0.2) is 76.1 Å². The zero-order chi connectivity index (χ0) is 20.4. The Kier molecular flexibility index (Phi) is 9.60. The quantitative estimate of drug-likeness (QED) is 0.428. The first-order valence-corrected chi connectivity index (χ1v) is 10.7. The third-order valence-corrected chi connectivity index (χ3v) is 5.85. The Bertz CT molecular complexity index is 626. The number of benzene rings is 1. The monoisotopic (exact) mass is 411 g/mol. The van der Waals surface area contributed by atoms with Crippen molar-refractivity contribution in [2.75, 3.05) is 59.4 Å². The van der Waals surface area contributed by atoms with Gasteiger partial charge in [-0.05, 0) is 24.6 Å². The molecule has 1 aliphatic rings. The lowest BCUT2D eigenvalue weighted by molar-refractivity contribution is -0.885. The Balaban J connectivity index is 2.01. The van der Waals surface area contributed by atoms with Gasteiger partial charge in [0.25, 0.3) is 5.91 Å². The lowest BCUT2D eigenvalue weighted by atomic mass is 10.2. The summed E-state index contributed by atoms with van der Waals surface area (Å²) in [5.41, 5.74) is 1.09. The van der Waals surface area contributed by atoms with Gasteiger partial charge in [0, 0.05) is 25.8 Å². The molecule has 0 aliphatic carbocycles. The molecule has 0 saturated carbocycles. The molecule has 2 rings (SSSR count). The van der Waals surface area contributed by atoms with Gasteiger partial charge in [-0.15, -0.1) is 11.8 Å². The first kappa shape index (κ1) is 22.5. The van der Waals surface area contributed by atoms with Crippen molar-refractivity contribution >= 4 is 23.6 Å². The van der Waals surface area contributed by atoms with Crippen LogP contribution in [0.2, 0.25) is 0 Å². The summed E-state index contributed by atoms with van der Waals surface area (Å²) in [6.07, 6.45) is 0.787. The molecule has 1 amide bonds. The number of hydrogen-bond donors (Lipinski definition) is 1. The van der Waals surface area contributed by atoms with E-state index in [1.165, 1.54) is 0 Å². The lowest BCUT2D eigenvalue weighted by Gasteiger charge is -2.26. The average Bonchev–Trinajstić information content (AvgIpc) is 3.18. The second kappa shape index (κ2) is 11.9. The summed E-state index contributed by atoms with van der Waals surface area (Å²) in [5, 5.41) is 0.00113. The smallest absolute Gasteiger partial charge is 0.361 e. The van der Waals surface area contributed by atoms with Crippen LogP contribution in [0.5, 0.6) is 5.75 Å². The van der Waals surface area contributed by atoms with Crippen LogP contribution in [0.3, 0.4) is 0 Å². The maximum absolute atomic E-state index is 13.0. The summed E-state index contributed by atoms with van der Waals surface area (Å²) in [4.78, 5) is 27.8. The van der Waals surface area contributed by atoms with Crippen LogP contribution in [0.25, 0.3) is 0 Å². The van der Waals surface area contributed by atoms with Crippen LogP contribution < -0.4 is 9.64 Å². The first-order valence-electron chi connectivity index (χ1n) is 9.62. The molecule has 1 aliphatic heterocycles. The number of carbonyl (C=O) groups excluding carboxylic acids is 2. The number of carbonyl (C=O) groups is 2. The van der Waals surface area contributed by atoms with Crippen LogP contribution in [0.15, 0.2) is 24.3 Å². The molecule has 1 aromatic carbocycles. The minimum atomic E-state index is -0.273. The SMILES string of the molecule is CCOC(=O)C[NH+](CCCOC)CC(=O)N1CCS[C@H]1c1ccc(OC)cc1. The van der Waals surface area contributed by atoms with Gasteiger partial charge in [0.15, 0.2) is 13.1 Å². The number of nitrogens with one attached hydrogen (secondary N) is 1. The zero-order valence-corrected chi connectivity index (χ0v) is 17.8. The van der Waals surface area contributed by atoms with Crippen LogP contribution in [0, 0.1) is 0 Å². The summed E-state index contributed by atoms with van der Waals surface area (Å²) in [6.45, 7) is 4.61. The molecule has 28 heavy (non-hydrogen) atoms. The molecule has 7 nitrogen and oxygen atoms in total. The summed E-state index contributed by atoms with van der Waals surface area (Å²) in [6, 6.07) is 7.84. The van der Waals surface area contributed by atoms with E-state index in [2.05, 4.69) is 0 Å². The molecular weight excluding hydrogens is 380 g/mol. The molecule has 2 atom stereocenters. The molecule has 0 radical (unpaired) electrons. The third-order valence-electron chi connectivity index (χ3n) is 4.59. The highest BCUT2D eigenvalue weighted by Crippen LogP contribution is 2.38. The Morgan fingerprint density at radius 2 is 1.96 bits per heavy atom. The topological polar surface area (TPSA) is 69.5 Å². The summed E-state index contributed by atoms with van der Waals surface area (Å²) < 4.78 is 15.4. The predicted molar refractivity (Wildman–Crippen MR) is 109 cm³/mol. The Labute approximate surface area is 171 Å². The summed E-state index contributed by atoms with van der Waals surface area (Å²) in [7, 11) is 3.29. The number of rotatable bonds is 11. The second-order valence-electron chi connectivity index (χ2n) is 6.59. The number of methoxy groups -OCH3 is 2. The number of amides is 1. The maximum Gasteiger partial charge on any atom is 0.361 e. The highest BCUT2D eigenvalue weighted by atomic mass is 32.2. The van der Waals surface area contributed by atoms with Crippen molar-refractivity contribution in [3.8, 4) is 5.75 Å². The van der Waals surface area contributed by atoms with Crippen molar-refractivity contribution in [1.29, 1.82) is 0 Å². The molecule has 1 saturated heterocycles. The fourth-order valence-electron chi connectivity index (χ4n) is 3.21. The van der Waals surface area contributed by atoms with Gasteiger partial charge >= 0.3 is 5.97 Å². The van der Waals surface area contributed by atoms with Gasteiger partial charge in [0.1, 0.15) is 11.1 Å². The van der Waals surface area contributed by atoms with Crippen LogP contribution >= 0.6 is 11.8 Å². The molecule has 1 heterocycles. The molecule has 8 heteroatoms. The van der Waals surface area contributed by atoms with E-state index in [1.807, 2.05) is 29.2 Å². The molecular formula is C20H31N2O5S+. The fraction of sp³-hybridized carbons (Fsp3) is 0.600. The number of nitrogens with zero attached hydrogens (tertiary/aromatic N) is 1. The number of hydrogen-bond acceptors (Lipinski definition) is 6. The average molecular weight is 412 g/mol. The first-order chi connectivity index (χ1) is 13.6.